The molecule has 0 spiro atoms. The highest BCUT2D eigenvalue weighted by Gasteiger charge is 2.38. The number of urea groups is 1. The van der Waals surface area contributed by atoms with E-state index in [0.29, 0.717) is 6.54 Å². The molecule has 4 heteroatoms. The Morgan fingerprint density at radius 1 is 1.30 bits per heavy atom. The molecule has 20 heavy (non-hydrogen) atoms. The van der Waals surface area contributed by atoms with E-state index in [9.17, 15) is 4.79 Å². The summed E-state index contributed by atoms with van der Waals surface area (Å²) in [5, 5.41) is 3.05. The number of rotatable bonds is 4. The number of carbonyl (C=O) groups is 1. The Bertz CT molecular complexity index is 465. The molecule has 0 aromatic heterocycles. The van der Waals surface area contributed by atoms with Gasteiger partial charge in [0.1, 0.15) is 5.75 Å². The van der Waals surface area contributed by atoms with Crippen LogP contribution in [0.4, 0.5) is 4.79 Å². The molecule has 110 valence electrons. The molecule has 0 atom stereocenters. The standard InChI is InChI=1S/C16H24N2O2/c1-18(2)15(19)17-12-16(10-6-7-11-16)13-8-4-5-9-14(13)20-3/h4-5,8-9H,6-7,10-12H2,1-3H3,(H,17,19). The van der Waals surface area contributed by atoms with Crippen molar-refractivity contribution >= 4 is 6.03 Å². The van der Waals surface area contributed by atoms with E-state index in [-0.39, 0.29) is 11.4 Å². The summed E-state index contributed by atoms with van der Waals surface area (Å²) in [5.41, 5.74) is 1.23. The van der Waals surface area contributed by atoms with Crippen molar-refractivity contribution in [3.8, 4) is 5.75 Å². The first-order chi connectivity index (χ1) is 9.59. The van der Waals surface area contributed by atoms with E-state index < -0.39 is 0 Å². The first-order valence-corrected chi connectivity index (χ1v) is 7.18. The average molecular weight is 276 g/mol. The topological polar surface area (TPSA) is 41.6 Å². The van der Waals surface area contributed by atoms with Gasteiger partial charge in [-0.3, -0.25) is 0 Å². The molecule has 2 amide bonds. The number of para-hydroxylation sites is 1. The highest BCUT2D eigenvalue weighted by molar-refractivity contribution is 5.73. The Balaban J connectivity index is 2.23. The lowest BCUT2D eigenvalue weighted by molar-refractivity contribution is 0.213. The second-order valence-electron chi connectivity index (χ2n) is 5.74. The largest absolute Gasteiger partial charge is 0.496 e. The fourth-order valence-electron chi connectivity index (χ4n) is 3.08. The minimum absolute atomic E-state index is 0.0122. The molecular weight excluding hydrogens is 252 g/mol. The zero-order valence-electron chi connectivity index (χ0n) is 12.6. The summed E-state index contributed by atoms with van der Waals surface area (Å²) in [5.74, 6) is 0.925. The fraction of sp³-hybridized carbons (Fsp3) is 0.562. The molecule has 1 saturated carbocycles. The lowest BCUT2D eigenvalue weighted by Gasteiger charge is -2.31. The van der Waals surface area contributed by atoms with Crippen molar-refractivity contribution < 1.29 is 9.53 Å². The van der Waals surface area contributed by atoms with Gasteiger partial charge in [-0.25, -0.2) is 4.79 Å². The van der Waals surface area contributed by atoms with Crippen LogP contribution in [0.25, 0.3) is 0 Å². The highest BCUT2D eigenvalue weighted by atomic mass is 16.5. The summed E-state index contributed by atoms with van der Waals surface area (Å²) in [4.78, 5) is 13.4. The lowest BCUT2D eigenvalue weighted by atomic mass is 9.78. The summed E-state index contributed by atoms with van der Waals surface area (Å²) in [6.07, 6.45) is 4.61. The van der Waals surface area contributed by atoms with Crippen molar-refractivity contribution in [3.63, 3.8) is 0 Å². The van der Waals surface area contributed by atoms with Gasteiger partial charge in [0.15, 0.2) is 0 Å². The molecule has 1 aromatic rings. The summed E-state index contributed by atoms with van der Waals surface area (Å²) in [6.45, 7) is 0.671. The summed E-state index contributed by atoms with van der Waals surface area (Å²) in [7, 11) is 5.24. The van der Waals surface area contributed by atoms with Crippen LogP contribution in [0.1, 0.15) is 31.2 Å². The van der Waals surface area contributed by atoms with Crippen LogP contribution in [-0.2, 0) is 5.41 Å². The van der Waals surface area contributed by atoms with Crippen LogP contribution in [0.5, 0.6) is 5.75 Å². The molecule has 0 saturated heterocycles. The third kappa shape index (κ3) is 2.89. The molecule has 1 N–H and O–H groups in total. The van der Waals surface area contributed by atoms with Crippen molar-refractivity contribution in [3.05, 3.63) is 29.8 Å². The molecule has 4 nitrogen and oxygen atoms in total. The SMILES string of the molecule is COc1ccccc1C1(CNC(=O)N(C)C)CCCC1. The maximum absolute atomic E-state index is 11.8. The number of amides is 2. The van der Waals surface area contributed by atoms with E-state index in [4.69, 9.17) is 4.74 Å². The predicted molar refractivity (Wildman–Crippen MR) is 80.2 cm³/mol. The Kier molecular flexibility index (Phi) is 4.53. The van der Waals surface area contributed by atoms with E-state index in [0.717, 1.165) is 18.6 Å². The predicted octanol–water partition coefficient (Wildman–Crippen LogP) is 2.78. The van der Waals surface area contributed by atoms with Gasteiger partial charge in [-0.1, -0.05) is 31.0 Å². The maximum Gasteiger partial charge on any atom is 0.316 e. The van der Waals surface area contributed by atoms with Gasteiger partial charge >= 0.3 is 6.03 Å². The normalized spacial score (nSPS) is 16.8. The van der Waals surface area contributed by atoms with Crippen molar-refractivity contribution in [2.24, 2.45) is 0 Å². The molecule has 2 rings (SSSR count). The van der Waals surface area contributed by atoms with Gasteiger partial charge in [0, 0.05) is 31.6 Å². The Morgan fingerprint density at radius 3 is 2.55 bits per heavy atom. The monoisotopic (exact) mass is 276 g/mol. The molecule has 0 aliphatic heterocycles. The van der Waals surface area contributed by atoms with Gasteiger partial charge < -0.3 is 15.0 Å². The van der Waals surface area contributed by atoms with Gasteiger partial charge in [0.2, 0.25) is 0 Å². The molecular formula is C16H24N2O2. The van der Waals surface area contributed by atoms with Crippen molar-refractivity contribution in [1.82, 2.24) is 10.2 Å². The van der Waals surface area contributed by atoms with Gasteiger partial charge in [-0.15, -0.1) is 0 Å². The first kappa shape index (κ1) is 14.7. The van der Waals surface area contributed by atoms with Gasteiger partial charge in [-0.05, 0) is 18.9 Å². The van der Waals surface area contributed by atoms with Crippen LogP contribution in [0, 0.1) is 0 Å². The molecule has 1 aromatic carbocycles. The number of ether oxygens (including phenoxy) is 1. The van der Waals surface area contributed by atoms with E-state index in [2.05, 4.69) is 11.4 Å². The third-order valence-corrected chi connectivity index (χ3v) is 4.22. The molecule has 1 aliphatic rings. The fourth-order valence-corrected chi connectivity index (χ4v) is 3.08. The third-order valence-electron chi connectivity index (χ3n) is 4.22. The van der Waals surface area contributed by atoms with Crippen molar-refractivity contribution in [1.29, 1.82) is 0 Å². The number of nitrogens with one attached hydrogen (secondary N) is 1. The minimum atomic E-state index is -0.0360. The van der Waals surface area contributed by atoms with Crippen LogP contribution >= 0.6 is 0 Å². The first-order valence-electron chi connectivity index (χ1n) is 7.18. The molecule has 0 heterocycles. The lowest BCUT2D eigenvalue weighted by Crippen LogP contribution is -2.43. The number of nitrogens with zero attached hydrogens (tertiary/aromatic N) is 1. The van der Waals surface area contributed by atoms with Gasteiger partial charge in [0.25, 0.3) is 0 Å². The Morgan fingerprint density at radius 2 is 1.95 bits per heavy atom. The number of hydrogen-bond acceptors (Lipinski definition) is 2. The Labute approximate surface area is 121 Å². The van der Waals surface area contributed by atoms with E-state index >= 15 is 0 Å². The highest BCUT2D eigenvalue weighted by Crippen LogP contribution is 2.44. The smallest absolute Gasteiger partial charge is 0.316 e. The molecule has 1 aliphatic carbocycles. The molecule has 0 unspecified atom stereocenters. The summed E-state index contributed by atoms with van der Waals surface area (Å²) < 4.78 is 5.51. The zero-order valence-corrected chi connectivity index (χ0v) is 12.6. The number of methoxy groups -OCH3 is 1. The van der Waals surface area contributed by atoms with Crippen LogP contribution in [0.3, 0.4) is 0 Å². The zero-order chi connectivity index (χ0) is 14.6. The second kappa shape index (κ2) is 6.16. The van der Waals surface area contributed by atoms with Crippen LogP contribution in [0.2, 0.25) is 0 Å². The minimum Gasteiger partial charge on any atom is -0.496 e. The number of hydrogen-bond donors (Lipinski definition) is 1. The molecule has 0 bridgehead atoms. The van der Waals surface area contributed by atoms with Crippen LogP contribution < -0.4 is 10.1 Å². The molecule has 0 radical (unpaired) electrons. The summed E-state index contributed by atoms with van der Waals surface area (Å²) >= 11 is 0. The maximum atomic E-state index is 11.8. The quantitative estimate of drug-likeness (QED) is 0.918. The average Bonchev–Trinajstić information content (AvgIpc) is 2.94. The summed E-state index contributed by atoms with van der Waals surface area (Å²) in [6, 6.07) is 8.13. The van der Waals surface area contributed by atoms with Crippen molar-refractivity contribution in [2.75, 3.05) is 27.7 Å². The van der Waals surface area contributed by atoms with Crippen molar-refractivity contribution in [2.45, 2.75) is 31.1 Å². The van der Waals surface area contributed by atoms with Crippen LogP contribution in [0.15, 0.2) is 24.3 Å². The van der Waals surface area contributed by atoms with E-state index in [1.807, 2.05) is 18.2 Å². The van der Waals surface area contributed by atoms with E-state index in [1.165, 1.54) is 18.4 Å². The number of benzene rings is 1. The second-order valence-corrected chi connectivity index (χ2v) is 5.74. The molecule has 1 fully saturated rings. The van der Waals surface area contributed by atoms with Gasteiger partial charge in [-0.2, -0.15) is 0 Å². The van der Waals surface area contributed by atoms with E-state index in [1.54, 1.807) is 26.1 Å². The van der Waals surface area contributed by atoms with Crippen LogP contribution in [-0.4, -0.2) is 38.7 Å². The van der Waals surface area contributed by atoms with Gasteiger partial charge in [0.05, 0.1) is 7.11 Å². The number of carbonyl (C=O) groups excluding carboxylic acids is 1. The Hall–Kier alpha value is -1.71.